The molecule has 2 fully saturated rings. The Bertz CT molecular complexity index is 1420. The summed E-state index contributed by atoms with van der Waals surface area (Å²) >= 11 is 12.7. The summed E-state index contributed by atoms with van der Waals surface area (Å²) in [6.45, 7) is 2.03. The van der Waals surface area contributed by atoms with Crippen molar-refractivity contribution in [1.82, 2.24) is 15.5 Å². The normalized spacial score (nSPS) is 20.0. The van der Waals surface area contributed by atoms with Crippen molar-refractivity contribution in [2.45, 2.75) is 30.2 Å². The van der Waals surface area contributed by atoms with Crippen LogP contribution in [0.4, 0.5) is 0 Å². The number of carbonyl (C=O) groups excluding carboxylic acids is 2. The van der Waals surface area contributed by atoms with E-state index in [9.17, 15) is 14.7 Å². The van der Waals surface area contributed by atoms with E-state index in [0.717, 1.165) is 24.2 Å². The number of amides is 2. The monoisotopic (exact) mass is 597 g/mol. The molecule has 8 nitrogen and oxygen atoms in total. The molecule has 0 aromatic heterocycles. The number of hydrogen-bond acceptors (Lipinski definition) is 6. The minimum absolute atomic E-state index is 0.0847. The maximum atomic E-state index is 14.4. The zero-order valence-corrected chi connectivity index (χ0v) is 24.5. The Hall–Kier alpha value is -3.46. The number of ether oxygens (including phenoxy) is 2. The largest absolute Gasteiger partial charge is 0.502 e. The molecule has 3 N–H and O–H groups in total. The van der Waals surface area contributed by atoms with Gasteiger partial charge in [-0.05, 0) is 67.7 Å². The molecular weight excluding hydrogens is 565 g/mol. The van der Waals surface area contributed by atoms with E-state index in [0.29, 0.717) is 41.4 Å². The Kier molecular flexibility index (Phi) is 8.36. The van der Waals surface area contributed by atoms with Gasteiger partial charge in [0.15, 0.2) is 11.5 Å². The Labute approximate surface area is 249 Å². The third-order valence-electron chi connectivity index (χ3n) is 8.33. The number of rotatable bonds is 7. The molecule has 41 heavy (non-hydrogen) atoms. The zero-order valence-electron chi connectivity index (χ0n) is 23.0. The molecule has 3 aromatic carbocycles. The highest BCUT2D eigenvalue weighted by molar-refractivity contribution is 6.42. The maximum absolute atomic E-state index is 14.4. The fraction of sp³-hybridized carbons (Fsp3) is 0.355. The van der Waals surface area contributed by atoms with Crippen molar-refractivity contribution in [2.24, 2.45) is 0 Å². The van der Waals surface area contributed by atoms with E-state index in [2.05, 4.69) is 10.6 Å². The third kappa shape index (κ3) is 5.44. The molecule has 2 aliphatic heterocycles. The average molecular weight is 599 g/mol. The van der Waals surface area contributed by atoms with Crippen LogP contribution in [0.5, 0.6) is 17.2 Å². The van der Waals surface area contributed by atoms with E-state index in [1.54, 1.807) is 17.0 Å². The summed E-state index contributed by atoms with van der Waals surface area (Å²) in [4.78, 5) is 29.9. The fourth-order valence-electron chi connectivity index (χ4n) is 5.98. The van der Waals surface area contributed by atoms with Gasteiger partial charge in [0.1, 0.15) is 0 Å². The molecule has 3 aromatic rings. The van der Waals surface area contributed by atoms with Crippen LogP contribution in [0.15, 0.2) is 60.7 Å². The molecule has 0 aliphatic carbocycles. The summed E-state index contributed by atoms with van der Waals surface area (Å²) in [6, 6.07) is 18.2. The standard InChI is InChI=1S/C31H33Cl2N3O5/c1-40-25-16-20(17-26(41-2)27(25)37)28(38)36-15-12-31(19-36,22-8-9-23(32)24(33)18-22)35-29(39)30(10-13-34-14-11-30)21-6-4-3-5-7-21/h3-9,16-18,34,37H,10-15,19H2,1-2H3,(H,35,39). The lowest BCUT2D eigenvalue weighted by atomic mass is 9.71. The zero-order chi connectivity index (χ0) is 29.2. The van der Waals surface area contributed by atoms with E-state index >= 15 is 0 Å². The number of nitrogens with zero attached hydrogens (tertiary/aromatic N) is 1. The number of aromatic hydroxyl groups is 1. The molecule has 2 heterocycles. The van der Waals surface area contributed by atoms with E-state index < -0.39 is 11.0 Å². The number of halogens is 2. The molecule has 1 unspecified atom stereocenters. The summed E-state index contributed by atoms with van der Waals surface area (Å²) in [5.74, 6) is -0.284. The van der Waals surface area contributed by atoms with Gasteiger partial charge >= 0.3 is 0 Å². The van der Waals surface area contributed by atoms with Crippen molar-refractivity contribution in [3.63, 3.8) is 0 Å². The van der Waals surface area contributed by atoms with Crippen LogP contribution in [-0.2, 0) is 15.7 Å². The lowest BCUT2D eigenvalue weighted by Crippen LogP contribution is -2.57. The van der Waals surface area contributed by atoms with Crippen LogP contribution in [0, 0.1) is 0 Å². The molecular formula is C31H33Cl2N3O5. The van der Waals surface area contributed by atoms with Crippen LogP contribution in [0.2, 0.25) is 10.0 Å². The number of phenols is 1. The average Bonchev–Trinajstić information content (AvgIpc) is 3.44. The lowest BCUT2D eigenvalue weighted by molar-refractivity contribution is -0.130. The Morgan fingerprint density at radius 2 is 1.56 bits per heavy atom. The quantitative estimate of drug-likeness (QED) is 0.358. The Morgan fingerprint density at radius 1 is 0.902 bits per heavy atom. The maximum Gasteiger partial charge on any atom is 0.254 e. The molecule has 1 atom stereocenters. The molecule has 0 radical (unpaired) electrons. The highest BCUT2D eigenvalue weighted by atomic mass is 35.5. The number of nitrogens with one attached hydrogen (secondary N) is 2. The van der Waals surface area contributed by atoms with Gasteiger partial charge in [-0.15, -0.1) is 0 Å². The van der Waals surface area contributed by atoms with Gasteiger partial charge in [-0.2, -0.15) is 0 Å². The predicted octanol–water partition coefficient (Wildman–Crippen LogP) is 4.90. The van der Waals surface area contributed by atoms with Crippen molar-refractivity contribution in [1.29, 1.82) is 0 Å². The number of benzene rings is 3. The minimum atomic E-state index is -0.904. The van der Waals surface area contributed by atoms with Crippen LogP contribution in [0.1, 0.15) is 40.7 Å². The Morgan fingerprint density at radius 3 is 2.17 bits per heavy atom. The van der Waals surface area contributed by atoms with Crippen LogP contribution in [0.3, 0.4) is 0 Å². The lowest BCUT2D eigenvalue weighted by Gasteiger charge is -2.41. The molecule has 216 valence electrons. The van der Waals surface area contributed by atoms with Gasteiger partial charge in [0.25, 0.3) is 5.91 Å². The number of methoxy groups -OCH3 is 2. The first-order valence-corrected chi connectivity index (χ1v) is 14.3. The van der Waals surface area contributed by atoms with Gasteiger partial charge in [-0.3, -0.25) is 9.59 Å². The molecule has 2 saturated heterocycles. The number of likely N-dealkylation sites (tertiary alicyclic amines) is 1. The topological polar surface area (TPSA) is 100 Å². The summed E-state index contributed by atoms with van der Waals surface area (Å²) in [6.07, 6.45) is 1.77. The highest BCUT2D eigenvalue weighted by Gasteiger charge is 2.48. The third-order valence-corrected chi connectivity index (χ3v) is 9.07. The minimum Gasteiger partial charge on any atom is -0.502 e. The van der Waals surface area contributed by atoms with E-state index in [1.807, 2.05) is 36.4 Å². The highest BCUT2D eigenvalue weighted by Crippen LogP contribution is 2.41. The number of phenolic OH excluding ortho intramolecular Hbond substituents is 1. The van der Waals surface area contributed by atoms with Crippen LogP contribution >= 0.6 is 23.2 Å². The summed E-state index contributed by atoms with van der Waals surface area (Å²) in [7, 11) is 2.82. The molecule has 2 amide bonds. The van der Waals surface area contributed by atoms with Gasteiger partial charge < -0.3 is 30.1 Å². The fourth-order valence-corrected chi connectivity index (χ4v) is 6.28. The molecule has 0 saturated carbocycles. The first-order valence-electron chi connectivity index (χ1n) is 13.5. The van der Waals surface area contributed by atoms with Crippen molar-refractivity contribution < 1.29 is 24.2 Å². The van der Waals surface area contributed by atoms with Crippen LogP contribution in [0.25, 0.3) is 0 Å². The van der Waals surface area contributed by atoms with Gasteiger partial charge in [0, 0.05) is 18.7 Å². The van der Waals surface area contributed by atoms with Crippen LogP contribution < -0.4 is 20.1 Å². The molecule has 0 bridgehead atoms. The first kappa shape index (κ1) is 29.0. The van der Waals surface area contributed by atoms with Crippen molar-refractivity contribution in [3.05, 3.63) is 87.4 Å². The SMILES string of the molecule is COc1cc(C(=O)N2CCC(NC(=O)C3(c4ccccc4)CCNCC3)(c3ccc(Cl)c(Cl)c3)C2)cc(OC)c1O. The predicted molar refractivity (Wildman–Crippen MR) is 158 cm³/mol. The molecule has 5 rings (SSSR count). The second kappa shape index (κ2) is 11.8. The molecule has 0 spiro atoms. The number of carbonyl (C=O) groups is 2. The van der Waals surface area contributed by atoms with Gasteiger partial charge in [-0.1, -0.05) is 59.6 Å². The van der Waals surface area contributed by atoms with E-state index in [4.69, 9.17) is 32.7 Å². The summed E-state index contributed by atoms with van der Waals surface area (Å²) < 4.78 is 10.5. The smallest absolute Gasteiger partial charge is 0.254 e. The molecule has 2 aliphatic rings. The Balaban J connectivity index is 1.52. The van der Waals surface area contributed by atoms with Gasteiger partial charge in [-0.25, -0.2) is 0 Å². The van der Waals surface area contributed by atoms with Gasteiger partial charge in [0.2, 0.25) is 11.7 Å². The first-order chi connectivity index (χ1) is 19.7. The second-order valence-corrected chi connectivity index (χ2v) is 11.4. The summed E-state index contributed by atoms with van der Waals surface area (Å²) in [5, 5.41) is 17.9. The van der Waals surface area contributed by atoms with E-state index in [-0.39, 0.29) is 35.6 Å². The van der Waals surface area contributed by atoms with Crippen LogP contribution in [-0.4, -0.2) is 62.2 Å². The van der Waals surface area contributed by atoms with Crippen molar-refractivity contribution in [3.8, 4) is 17.2 Å². The second-order valence-electron chi connectivity index (χ2n) is 10.6. The number of piperidine rings is 1. The van der Waals surface area contributed by atoms with Crippen molar-refractivity contribution in [2.75, 3.05) is 40.4 Å². The molecule has 10 heteroatoms. The van der Waals surface area contributed by atoms with Crippen molar-refractivity contribution >= 4 is 35.0 Å². The van der Waals surface area contributed by atoms with E-state index in [1.165, 1.54) is 26.4 Å². The summed E-state index contributed by atoms with van der Waals surface area (Å²) in [5.41, 5.74) is 0.418. The number of hydrogen-bond donors (Lipinski definition) is 3. The van der Waals surface area contributed by atoms with Gasteiger partial charge in [0.05, 0.1) is 35.2 Å².